The second kappa shape index (κ2) is 9.34. The third-order valence-corrected chi connectivity index (χ3v) is 5.41. The maximum atomic E-state index is 12.3. The zero-order valence-corrected chi connectivity index (χ0v) is 16.7. The highest BCUT2D eigenvalue weighted by Crippen LogP contribution is 2.19. The van der Waals surface area contributed by atoms with E-state index in [1.807, 2.05) is 18.2 Å². The van der Waals surface area contributed by atoms with Gasteiger partial charge < -0.3 is 14.4 Å². The Bertz CT molecular complexity index is 958. The van der Waals surface area contributed by atoms with Gasteiger partial charge in [0.1, 0.15) is 5.75 Å². The number of nitrogens with one attached hydrogen (secondary N) is 1. The van der Waals surface area contributed by atoms with Gasteiger partial charge >= 0.3 is 5.97 Å². The van der Waals surface area contributed by atoms with Gasteiger partial charge in [-0.1, -0.05) is 24.3 Å². The van der Waals surface area contributed by atoms with Gasteiger partial charge in [-0.3, -0.25) is 4.79 Å². The van der Waals surface area contributed by atoms with Crippen molar-refractivity contribution in [3.05, 3.63) is 59.7 Å². The van der Waals surface area contributed by atoms with E-state index >= 15 is 0 Å². The van der Waals surface area contributed by atoms with Crippen molar-refractivity contribution < 1.29 is 27.5 Å². The number of amides is 1. The van der Waals surface area contributed by atoms with E-state index in [0.29, 0.717) is 5.75 Å². The van der Waals surface area contributed by atoms with Gasteiger partial charge in [0.15, 0.2) is 6.61 Å². The van der Waals surface area contributed by atoms with E-state index in [1.165, 1.54) is 36.2 Å². The van der Waals surface area contributed by atoms with Crippen LogP contribution in [0.5, 0.6) is 5.75 Å². The van der Waals surface area contributed by atoms with Crippen LogP contribution in [0.15, 0.2) is 53.4 Å². The minimum Gasteiger partial charge on any atom is -0.496 e. The number of methoxy groups -OCH3 is 1. The van der Waals surface area contributed by atoms with Gasteiger partial charge in [0, 0.05) is 19.2 Å². The second-order valence-electron chi connectivity index (χ2n) is 5.87. The van der Waals surface area contributed by atoms with Crippen LogP contribution in [0.25, 0.3) is 0 Å². The summed E-state index contributed by atoms with van der Waals surface area (Å²) in [7, 11) is 0.722. The van der Waals surface area contributed by atoms with Crippen molar-refractivity contribution in [1.29, 1.82) is 0 Å². The molecule has 150 valence electrons. The van der Waals surface area contributed by atoms with Crippen molar-refractivity contribution in [3.63, 3.8) is 0 Å². The van der Waals surface area contributed by atoms with Crippen LogP contribution < -0.4 is 9.46 Å². The number of likely N-dealkylation sites (N-methyl/N-ethyl adjacent to an activating group) is 1. The quantitative estimate of drug-likeness (QED) is 0.665. The molecule has 0 fully saturated rings. The fourth-order valence-electron chi connectivity index (χ4n) is 2.41. The fourth-order valence-corrected chi connectivity index (χ4v) is 3.18. The second-order valence-corrected chi connectivity index (χ2v) is 7.76. The Kier molecular flexibility index (Phi) is 7.13. The smallest absolute Gasteiger partial charge is 0.338 e. The van der Waals surface area contributed by atoms with Crippen LogP contribution in [0.1, 0.15) is 15.9 Å². The lowest BCUT2D eigenvalue weighted by Crippen LogP contribution is -2.31. The van der Waals surface area contributed by atoms with Crippen LogP contribution in [-0.4, -0.2) is 53.0 Å². The van der Waals surface area contributed by atoms with Gasteiger partial charge in [0.25, 0.3) is 5.91 Å². The van der Waals surface area contributed by atoms with E-state index in [1.54, 1.807) is 20.2 Å². The molecule has 2 rings (SSSR count). The molecule has 1 N–H and O–H groups in total. The number of hydrogen-bond donors (Lipinski definition) is 1. The SMILES string of the molecule is CNS(=O)(=O)c1cccc(C(=O)OCC(=O)N(C)Cc2ccccc2OC)c1. The first-order valence-corrected chi connectivity index (χ1v) is 9.83. The summed E-state index contributed by atoms with van der Waals surface area (Å²) >= 11 is 0. The van der Waals surface area contributed by atoms with Crippen LogP contribution in [0.4, 0.5) is 0 Å². The van der Waals surface area contributed by atoms with E-state index in [-0.39, 0.29) is 17.0 Å². The van der Waals surface area contributed by atoms with Gasteiger partial charge in [0.05, 0.1) is 17.6 Å². The summed E-state index contributed by atoms with van der Waals surface area (Å²) in [6.07, 6.45) is 0. The Labute approximate surface area is 164 Å². The predicted octanol–water partition coefficient (Wildman–Crippen LogP) is 1.42. The van der Waals surface area contributed by atoms with Crippen LogP contribution in [-0.2, 0) is 26.1 Å². The van der Waals surface area contributed by atoms with E-state index in [0.717, 1.165) is 5.56 Å². The molecule has 9 heteroatoms. The monoisotopic (exact) mass is 406 g/mol. The molecule has 8 nitrogen and oxygen atoms in total. The number of benzene rings is 2. The third-order valence-electron chi connectivity index (χ3n) is 4.00. The lowest BCUT2D eigenvalue weighted by atomic mass is 10.2. The number of esters is 1. The molecular weight excluding hydrogens is 384 g/mol. The van der Waals surface area contributed by atoms with E-state index in [4.69, 9.17) is 9.47 Å². The third kappa shape index (κ3) is 5.30. The number of carbonyl (C=O) groups excluding carboxylic acids is 2. The van der Waals surface area contributed by atoms with Crippen LogP contribution in [0.3, 0.4) is 0 Å². The maximum Gasteiger partial charge on any atom is 0.338 e. The van der Waals surface area contributed by atoms with Crippen molar-refractivity contribution in [2.24, 2.45) is 0 Å². The summed E-state index contributed by atoms with van der Waals surface area (Å²) in [5.41, 5.74) is 0.855. The molecule has 0 aromatic heterocycles. The molecule has 2 aromatic carbocycles. The standard InChI is InChI=1S/C19H22N2O6S/c1-20-28(24,25)16-9-6-8-14(11-16)19(23)27-13-18(22)21(2)12-15-7-4-5-10-17(15)26-3/h4-11,20H,12-13H2,1-3H3. The number of sulfonamides is 1. The number of carbonyl (C=O) groups is 2. The molecule has 0 bridgehead atoms. The van der Waals surface area contributed by atoms with Crippen molar-refractivity contribution in [2.45, 2.75) is 11.4 Å². The van der Waals surface area contributed by atoms with Crippen LogP contribution >= 0.6 is 0 Å². The van der Waals surface area contributed by atoms with E-state index in [2.05, 4.69) is 4.72 Å². The topological polar surface area (TPSA) is 102 Å². The van der Waals surface area contributed by atoms with Gasteiger partial charge in [-0.25, -0.2) is 17.9 Å². The Balaban J connectivity index is 1.99. The van der Waals surface area contributed by atoms with Gasteiger partial charge in [-0.05, 0) is 31.3 Å². The Morgan fingerprint density at radius 1 is 1.11 bits per heavy atom. The first-order chi connectivity index (χ1) is 13.3. The number of nitrogens with zero attached hydrogens (tertiary/aromatic N) is 1. The highest BCUT2D eigenvalue weighted by atomic mass is 32.2. The Hall–Kier alpha value is -2.91. The summed E-state index contributed by atoms with van der Waals surface area (Å²) < 4.78 is 36.1. The lowest BCUT2D eigenvalue weighted by molar-refractivity contribution is -0.133. The molecule has 0 aliphatic rings. The lowest BCUT2D eigenvalue weighted by Gasteiger charge is -2.18. The summed E-state index contributed by atoms with van der Waals surface area (Å²) in [6.45, 7) is -0.177. The molecule has 0 saturated carbocycles. The predicted molar refractivity (Wildman–Crippen MR) is 102 cm³/mol. The fraction of sp³-hybridized carbons (Fsp3) is 0.263. The highest BCUT2D eigenvalue weighted by Gasteiger charge is 2.17. The normalized spacial score (nSPS) is 11.0. The molecule has 2 aromatic rings. The van der Waals surface area contributed by atoms with Crippen molar-refractivity contribution in [2.75, 3.05) is 27.8 Å². The molecule has 28 heavy (non-hydrogen) atoms. The minimum atomic E-state index is -3.68. The average Bonchev–Trinajstić information content (AvgIpc) is 2.72. The zero-order valence-electron chi connectivity index (χ0n) is 15.8. The summed E-state index contributed by atoms with van der Waals surface area (Å²) in [5, 5.41) is 0. The van der Waals surface area contributed by atoms with Gasteiger partial charge in [-0.15, -0.1) is 0 Å². The molecule has 0 atom stereocenters. The Morgan fingerprint density at radius 2 is 1.82 bits per heavy atom. The number of para-hydroxylation sites is 1. The first-order valence-electron chi connectivity index (χ1n) is 8.35. The van der Waals surface area contributed by atoms with E-state index < -0.39 is 28.5 Å². The number of rotatable bonds is 8. The highest BCUT2D eigenvalue weighted by molar-refractivity contribution is 7.89. The van der Waals surface area contributed by atoms with Crippen LogP contribution in [0, 0.1) is 0 Å². The molecular formula is C19H22N2O6S. The molecule has 0 aliphatic carbocycles. The summed E-state index contributed by atoms with van der Waals surface area (Å²) in [4.78, 5) is 25.8. The zero-order chi connectivity index (χ0) is 20.7. The molecule has 0 aliphatic heterocycles. The van der Waals surface area contributed by atoms with Gasteiger partial charge in [-0.2, -0.15) is 0 Å². The van der Waals surface area contributed by atoms with Crippen molar-refractivity contribution >= 4 is 21.9 Å². The minimum absolute atomic E-state index is 0.0384. The molecule has 0 heterocycles. The van der Waals surface area contributed by atoms with Gasteiger partial charge in [0.2, 0.25) is 10.0 Å². The number of hydrogen-bond acceptors (Lipinski definition) is 6. The maximum absolute atomic E-state index is 12.3. The van der Waals surface area contributed by atoms with Crippen molar-refractivity contribution in [3.8, 4) is 5.75 Å². The first kappa shape index (κ1) is 21.4. The largest absolute Gasteiger partial charge is 0.496 e. The molecule has 1 amide bonds. The number of ether oxygens (including phenoxy) is 2. The molecule has 0 radical (unpaired) electrons. The molecule has 0 spiro atoms. The van der Waals surface area contributed by atoms with E-state index in [9.17, 15) is 18.0 Å². The Morgan fingerprint density at radius 3 is 2.50 bits per heavy atom. The molecule has 0 unspecified atom stereocenters. The van der Waals surface area contributed by atoms with Crippen molar-refractivity contribution in [1.82, 2.24) is 9.62 Å². The molecule has 0 saturated heterocycles. The summed E-state index contributed by atoms with van der Waals surface area (Å²) in [6, 6.07) is 12.7. The summed E-state index contributed by atoms with van der Waals surface area (Å²) in [5.74, 6) is -0.535. The average molecular weight is 406 g/mol. The van der Waals surface area contributed by atoms with Crippen LogP contribution in [0.2, 0.25) is 0 Å².